The summed E-state index contributed by atoms with van der Waals surface area (Å²) in [5, 5.41) is 6.94. The van der Waals surface area contributed by atoms with E-state index in [9.17, 15) is 13.6 Å². The van der Waals surface area contributed by atoms with Gasteiger partial charge < -0.3 is 15.0 Å². The number of aryl methyl sites for hydroxylation is 1. The number of halogens is 3. The molecular formula is C26H27ClF2N6O2. The van der Waals surface area contributed by atoms with Crippen molar-refractivity contribution in [2.24, 2.45) is 7.05 Å². The van der Waals surface area contributed by atoms with E-state index in [0.717, 1.165) is 17.1 Å². The molecule has 0 spiro atoms. The summed E-state index contributed by atoms with van der Waals surface area (Å²) in [5.74, 6) is 0.225. The van der Waals surface area contributed by atoms with Gasteiger partial charge in [0.2, 0.25) is 0 Å². The van der Waals surface area contributed by atoms with Crippen LogP contribution in [0.25, 0.3) is 22.5 Å². The van der Waals surface area contributed by atoms with Gasteiger partial charge in [-0.2, -0.15) is 5.10 Å². The first-order valence-electron chi connectivity index (χ1n) is 11.4. The number of carbonyl (C=O) groups is 1. The lowest BCUT2D eigenvalue weighted by Crippen LogP contribution is -2.16. The minimum Gasteiger partial charge on any atom is -0.420 e. The predicted molar refractivity (Wildman–Crippen MR) is 141 cm³/mol. The minimum absolute atomic E-state index is 0.138. The third-order valence-electron chi connectivity index (χ3n) is 5.08. The second kappa shape index (κ2) is 11.8. The standard InChI is InChI=1S/C24H21ClF2N6O2.C2H6/c1-32(2)21-9-4-15(13-28-21)19-12-16(14-29-22(19)20-10-11-30-33(20)3)23(34)31-17-5-7-18(8-6-17)35-24(25,26)27;1-2/h4-14H,1-3H3,(H,31,34);1-2H3. The fourth-order valence-corrected chi connectivity index (χ4v) is 3.46. The van der Waals surface area contributed by atoms with Crippen molar-refractivity contribution in [3.05, 3.63) is 72.7 Å². The quantitative estimate of drug-likeness (QED) is 0.294. The first-order chi connectivity index (χ1) is 17.6. The van der Waals surface area contributed by atoms with Gasteiger partial charge in [-0.3, -0.25) is 14.5 Å². The number of rotatable bonds is 7. The molecule has 1 N–H and O–H groups in total. The number of aromatic nitrogens is 4. The zero-order valence-electron chi connectivity index (χ0n) is 21.0. The van der Waals surface area contributed by atoms with Crippen molar-refractivity contribution in [1.29, 1.82) is 0 Å². The van der Waals surface area contributed by atoms with E-state index < -0.39 is 11.5 Å². The Morgan fingerprint density at radius 2 is 1.76 bits per heavy atom. The molecule has 0 bridgehead atoms. The molecule has 194 valence electrons. The molecule has 4 aromatic rings. The molecule has 3 aromatic heterocycles. The largest absolute Gasteiger partial charge is 0.487 e. The summed E-state index contributed by atoms with van der Waals surface area (Å²) in [5.41, 5.74) is -0.240. The lowest BCUT2D eigenvalue weighted by Gasteiger charge is -2.14. The van der Waals surface area contributed by atoms with Crippen molar-refractivity contribution in [2.45, 2.75) is 19.4 Å². The van der Waals surface area contributed by atoms with Crippen molar-refractivity contribution in [3.63, 3.8) is 0 Å². The first kappa shape index (κ1) is 27.5. The highest BCUT2D eigenvalue weighted by Crippen LogP contribution is 2.32. The number of alkyl halides is 3. The molecule has 0 fully saturated rings. The van der Waals surface area contributed by atoms with E-state index in [1.807, 2.05) is 58.1 Å². The molecule has 4 rings (SSSR count). The fraction of sp³-hybridized carbons (Fsp3) is 0.231. The molecule has 11 heteroatoms. The third kappa shape index (κ3) is 7.01. The molecule has 0 atom stereocenters. The Morgan fingerprint density at radius 3 is 2.30 bits per heavy atom. The van der Waals surface area contributed by atoms with E-state index in [2.05, 4.69) is 25.1 Å². The Balaban J connectivity index is 0.00000186. The van der Waals surface area contributed by atoms with E-state index in [1.165, 1.54) is 30.5 Å². The van der Waals surface area contributed by atoms with Crippen molar-refractivity contribution in [2.75, 3.05) is 24.3 Å². The van der Waals surface area contributed by atoms with Gasteiger partial charge in [0.15, 0.2) is 0 Å². The fourth-order valence-electron chi connectivity index (χ4n) is 3.37. The van der Waals surface area contributed by atoms with Gasteiger partial charge in [0.05, 0.1) is 17.0 Å². The summed E-state index contributed by atoms with van der Waals surface area (Å²) in [4.78, 5) is 23.9. The van der Waals surface area contributed by atoms with Crippen molar-refractivity contribution < 1.29 is 18.3 Å². The molecule has 1 amide bonds. The van der Waals surface area contributed by atoms with Crippen LogP contribution in [-0.2, 0) is 7.05 Å². The maximum atomic E-state index is 13.0. The monoisotopic (exact) mass is 528 g/mol. The molecule has 8 nitrogen and oxygen atoms in total. The molecule has 0 aliphatic heterocycles. The average molecular weight is 529 g/mol. The summed E-state index contributed by atoms with van der Waals surface area (Å²) in [6, 6.07) is 12.8. The first-order valence-corrected chi connectivity index (χ1v) is 11.8. The molecule has 0 saturated heterocycles. The number of pyridine rings is 2. The Morgan fingerprint density at radius 1 is 1.05 bits per heavy atom. The van der Waals surface area contributed by atoms with Gasteiger partial charge in [0.1, 0.15) is 11.6 Å². The molecule has 37 heavy (non-hydrogen) atoms. The van der Waals surface area contributed by atoms with Gasteiger partial charge in [0.25, 0.3) is 5.91 Å². The third-order valence-corrected chi connectivity index (χ3v) is 5.15. The van der Waals surface area contributed by atoms with E-state index in [4.69, 9.17) is 11.6 Å². The number of hydrogen-bond acceptors (Lipinski definition) is 6. The maximum absolute atomic E-state index is 13.0. The summed E-state index contributed by atoms with van der Waals surface area (Å²) in [6.45, 7) is 4.00. The smallest absolute Gasteiger partial charge is 0.420 e. The summed E-state index contributed by atoms with van der Waals surface area (Å²) in [7, 11) is 5.60. The van der Waals surface area contributed by atoms with Gasteiger partial charge in [0, 0.05) is 68.1 Å². The zero-order chi connectivity index (χ0) is 27.2. The number of anilines is 2. The minimum atomic E-state index is -3.82. The van der Waals surface area contributed by atoms with E-state index in [1.54, 1.807) is 23.1 Å². The Hall–Kier alpha value is -4.05. The molecule has 3 heterocycles. The molecule has 0 aliphatic rings. The van der Waals surface area contributed by atoms with Crippen LogP contribution in [-0.4, -0.2) is 45.3 Å². The van der Waals surface area contributed by atoms with Crippen LogP contribution in [0.15, 0.2) is 67.1 Å². The normalized spacial score (nSPS) is 10.8. The number of nitrogens with zero attached hydrogens (tertiary/aromatic N) is 5. The van der Waals surface area contributed by atoms with Gasteiger partial charge in [-0.25, -0.2) is 4.98 Å². The van der Waals surface area contributed by atoms with Crippen LogP contribution < -0.4 is 15.0 Å². The van der Waals surface area contributed by atoms with Gasteiger partial charge in [-0.15, -0.1) is 8.78 Å². The lowest BCUT2D eigenvalue weighted by atomic mass is 10.0. The van der Waals surface area contributed by atoms with Gasteiger partial charge >= 0.3 is 5.57 Å². The van der Waals surface area contributed by atoms with Crippen LogP contribution in [0.5, 0.6) is 5.75 Å². The number of carbonyl (C=O) groups excluding carboxylic acids is 1. The molecule has 0 aliphatic carbocycles. The van der Waals surface area contributed by atoms with Crippen molar-refractivity contribution in [1.82, 2.24) is 19.7 Å². The highest BCUT2D eigenvalue weighted by atomic mass is 35.5. The highest BCUT2D eigenvalue weighted by molar-refractivity contribution is 6.20. The van der Waals surface area contributed by atoms with E-state index in [0.29, 0.717) is 22.5 Å². The van der Waals surface area contributed by atoms with Gasteiger partial charge in [-0.05, 0) is 48.5 Å². The summed E-state index contributed by atoms with van der Waals surface area (Å²) >= 11 is 4.78. The summed E-state index contributed by atoms with van der Waals surface area (Å²) in [6.07, 6.45) is 4.86. The van der Waals surface area contributed by atoms with Crippen molar-refractivity contribution >= 4 is 29.0 Å². The number of amides is 1. The molecule has 1 aromatic carbocycles. The maximum Gasteiger partial charge on any atom is 0.487 e. The second-order valence-corrected chi connectivity index (χ2v) is 8.23. The van der Waals surface area contributed by atoms with Crippen LogP contribution in [0.1, 0.15) is 24.2 Å². The van der Waals surface area contributed by atoms with Gasteiger partial charge in [-0.1, -0.05) is 13.8 Å². The molecular weight excluding hydrogens is 502 g/mol. The molecule has 0 saturated carbocycles. The lowest BCUT2D eigenvalue weighted by molar-refractivity contribution is -0.0964. The number of ether oxygens (including phenoxy) is 1. The van der Waals surface area contributed by atoms with E-state index in [-0.39, 0.29) is 5.75 Å². The Kier molecular flexibility index (Phi) is 8.77. The Bertz CT molecular complexity index is 1340. The topological polar surface area (TPSA) is 85.2 Å². The zero-order valence-corrected chi connectivity index (χ0v) is 21.8. The van der Waals surface area contributed by atoms with Crippen LogP contribution in [0, 0.1) is 0 Å². The van der Waals surface area contributed by atoms with Crippen LogP contribution >= 0.6 is 11.6 Å². The van der Waals surface area contributed by atoms with Crippen molar-refractivity contribution in [3.8, 4) is 28.3 Å². The predicted octanol–water partition coefficient (Wildman–Crippen LogP) is 6.06. The molecule has 0 radical (unpaired) electrons. The highest BCUT2D eigenvalue weighted by Gasteiger charge is 2.27. The summed E-state index contributed by atoms with van der Waals surface area (Å²) < 4.78 is 31.6. The number of nitrogens with one attached hydrogen (secondary N) is 1. The number of hydrogen-bond donors (Lipinski definition) is 1. The van der Waals surface area contributed by atoms with Crippen LogP contribution in [0.2, 0.25) is 0 Å². The molecule has 0 unspecified atom stereocenters. The Labute approximate surface area is 218 Å². The average Bonchev–Trinajstić information content (AvgIpc) is 3.30. The SMILES string of the molecule is CC.CN(C)c1ccc(-c2cc(C(=O)Nc3ccc(OC(F)(F)Cl)cc3)cnc2-c2ccnn2C)cn1. The van der Waals surface area contributed by atoms with Crippen LogP contribution in [0.3, 0.4) is 0 Å². The van der Waals surface area contributed by atoms with Crippen LogP contribution in [0.4, 0.5) is 20.3 Å². The second-order valence-electron chi connectivity index (χ2n) is 7.79. The number of benzene rings is 1. The van der Waals surface area contributed by atoms with E-state index >= 15 is 0 Å².